The third-order valence-electron chi connectivity index (χ3n) is 3.94. The van der Waals surface area contributed by atoms with E-state index in [9.17, 15) is 4.79 Å². The molecule has 0 aliphatic carbocycles. The molecule has 2 heterocycles. The fourth-order valence-electron chi connectivity index (χ4n) is 2.60. The maximum absolute atomic E-state index is 12.3. The Morgan fingerprint density at radius 3 is 2.96 bits per heavy atom. The van der Waals surface area contributed by atoms with E-state index in [1.807, 2.05) is 44.2 Å². The number of hydrogen-bond acceptors (Lipinski definition) is 5. The molecule has 5 nitrogen and oxygen atoms in total. The number of nitrogens with one attached hydrogen (secondary N) is 2. The van der Waals surface area contributed by atoms with Gasteiger partial charge in [0.25, 0.3) is 0 Å². The van der Waals surface area contributed by atoms with Crippen molar-refractivity contribution in [2.24, 2.45) is 0 Å². The normalized spacial score (nSPS) is 21.1. The minimum atomic E-state index is -0.287. The Morgan fingerprint density at radius 1 is 1.43 bits per heavy atom. The van der Waals surface area contributed by atoms with Crippen molar-refractivity contribution in [1.29, 1.82) is 0 Å². The summed E-state index contributed by atoms with van der Waals surface area (Å²) < 4.78 is 5.52. The molecule has 1 aromatic heterocycles. The molecule has 122 valence electrons. The van der Waals surface area contributed by atoms with Gasteiger partial charge in [-0.2, -0.15) is 0 Å². The van der Waals surface area contributed by atoms with Crippen molar-refractivity contribution < 1.29 is 9.53 Å². The second kappa shape index (κ2) is 7.21. The van der Waals surface area contributed by atoms with Crippen LogP contribution in [0.3, 0.4) is 0 Å². The first kappa shape index (κ1) is 16.1. The van der Waals surface area contributed by atoms with Crippen LogP contribution in [0.2, 0.25) is 0 Å². The van der Waals surface area contributed by atoms with E-state index in [4.69, 9.17) is 4.74 Å². The molecule has 0 spiro atoms. The number of carbonyl (C=O) groups excluding carboxylic acids is 1. The highest BCUT2D eigenvalue weighted by Crippen LogP contribution is 2.27. The van der Waals surface area contributed by atoms with Crippen molar-refractivity contribution in [2.45, 2.75) is 32.5 Å². The first-order valence-electron chi connectivity index (χ1n) is 7.79. The number of morpholine rings is 1. The maximum Gasteiger partial charge on any atom is 0.240 e. The Balaban J connectivity index is 1.64. The molecule has 0 unspecified atom stereocenters. The van der Waals surface area contributed by atoms with Crippen molar-refractivity contribution in [2.75, 3.05) is 13.2 Å². The van der Waals surface area contributed by atoms with E-state index in [0.717, 1.165) is 21.1 Å². The minimum absolute atomic E-state index is 0.0220. The third kappa shape index (κ3) is 3.77. The predicted molar refractivity (Wildman–Crippen MR) is 91.3 cm³/mol. The second-order valence-corrected chi connectivity index (χ2v) is 6.70. The summed E-state index contributed by atoms with van der Waals surface area (Å²) in [6.07, 6.45) is -0.105. The molecule has 0 bridgehead atoms. The molecular weight excluding hydrogens is 310 g/mol. The summed E-state index contributed by atoms with van der Waals surface area (Å²) in [5, 5.41) is 7.18. The lowest BCUT2D eigenvalue weighted by atomic mass is 10.1. The molecule has 2 aromatic rings. The van der Waals surface area contributed by atoms with E-state index in [2.05, 4.69) is 15.6 Å². The Hall–Kier alpha value is -1.76. The van der Waals surface area contributed by atoms with Crippen molar-refractivity contribution >= 4 is 17.2 Å². The first-order valence-corrected chi connectivity index (χ1v) is 8.61. The summed E-state index contributed by atoms with van der Waals surface area (Å²) in [5.41, 5.74) is 2.07. The van der Waals surface area contributed by atoms with Crippen LogP contribution in [0.25, 0.3) is 10.6 Å². The quantitative estimate of drug-likeness (QED) is 0.901. The van der Waals surface area contributed by atoms with Crippen LogP contribution in [-0.2, 0) is 16.1 Å². The van der Waals surface area contributed by atoms with Crippen LogP contribution in [0.1, 0.15) is 17.5 Å². The van der Waals surface area contributed by atoms with Crippen molar-refractivity contribution in [3.8, 4) is 10.6 Å². The van der Waals surface area contributed by atoms with Crippen LogP contribution < -0.4 is 10.6 Å². The number of nitrogens with zero attached hydrogens (tertiary/aromatic N) is 1. The van der Waals surface area contributed by atoms with Gasteiger partial charge in [-0.1, -0.05) is 30.3 Å². The minimum Gasteiger partial charge on any atom is -0.375 e. The van der Waals surface area contributed by atoms with Crippen LogP contribution in [0, 0.1) is 6.92 Å². The summed E-state index contributed by atoms with van der Waals surface area (Å²) in [6.45, 7) is 5.76. The lowest BCUT2D eigenvalue weighted by molar-refractivity contribution is -0.129. The van der Waals surface area contributed by atoms with Crippen molar-refractivity contribution in [3.63, 3.8) is 0 Å². The standard InChI is InChI=1S/C17H21N3O2S/c1-11-14(23-17(20-11)13-6-4-3-5-7-13)10-19-16(21)15-12(2)22-9-8-18-15/h3-7,12,15,18H,8-10H2,1-2H3,(H,19,21)/t12-,15+/m1/s1. The fourth-order valence-corrected chi connectivity index (χ4v) is 3.61. The molecule has 1 aliphatic heterocycles. The molecule has 23 heavy (non-hydrogen) atoms. The summed E-state index contributed by atoms with van der Waals surface area (Å²) in [5.74, 6) is -0.0220. The molecule has 6 heteroatoms. The van der Waals surface area contributed by atoms with E-state index >= 15 is 0 Å². The zero-order valence-corrected chi connectivity index (χ0v) is 14.2. The predicted octanol–water partition coefficient (Wildman–Crippen LogP) is 2.11. The molecule has 0 saturated carbocycles. The van der Waals surface area contributed by atoms with Gasteiger partial charge < -0.3 is 15.4 Å². The van der Waals surface area contributed by atoms with Crippen LogP contribution in [0.5, 0.6) is 0 Å². The van der Waals surface area contributed by atoms with E-state index in [-0.39, 0.29) is 18.1 Å². The molecule has 1 saturated heterocycles. The van der Waals surface area contributed by atoms with Gasteiger partial charge >= 0.3 is 0 Å². The Morgan fingerprint density at radius 2 is 2.22 bits per heavy atom. The summed E-state index contributed by atoms with van der Waals surface area (Å²) in [7, 11) is 0. The number of thiazole rings is 1. The van der Waals surface area contributed by atoms with E-state index in [0.29, 0.717) is 19.7 Å². The average Bonchev–Trinajstić information content (AvgIpc) is 2.95. The topological polar surface area (TPSA) is 63.2 Å². The summed E-state index contributed by atoms with van der Waals surface area (Å²) >= 11 is 1.62. The van der Waals surface area contributed by atoms with Gasteiger partial charge in [0.05, 0.1) is 24.9 Å². The fraction of sp³-hybridized carbons (Fsp3) is 0.412. The molecule has 1 fully saturated rings. The molecule has 1 aromatic carbocycles. The van der Waals surface area contributed by atoms with Crippen LogP contribution in [-0.4, -0.2) is 36.2 Å². The average molecular weight is 331 g/mol. The van der Waals surface area contributed by atoms with Gasteiger partial charge in [-0.3, -0.25) is 4.79 Å². The SMILES string of the molecule is Cc1nc(-c2ccccc2)sc1CNC(=O)[C@H]1NCCO[C@@H]1C. The number of hydrogen-bond donors (Lipinski definition) is 2. The van der Waals surface area contributed by atoms with E-state index in [1.165, 1.54) is 0 Å². The molecule has 1 aliphatic rings. The number of rotatable bonds is 4. The highest BCUT2D eigenvalue weighted by atomic mass is 32.1. The zero-order chi connectivity index (χ0) is 16.2. The molecule has 0 radical (unpaired) electrons. The second-order valence-electron chi connectivity index (χ2n) is 5.62. The molecular formula is C17H21N3O2S. The van der Waals surface area contributed by atoms with Gasteiger partial charge in [0.15, 0.2) is 0 Å². The van der Waals surface area contributed by atoms with Gasteiger partial charge in [0.2, 0.25) is 5.91 Å². The number of amides is 1. The number of ether oxygens (including phenoxy) is 1. The van der Waals surface area contributed by atoms with Gasteiger partial charge in [-0.15, -0.1) is 11.3 Å². The van der Waals surface area contributed by atoms with Crippen molar-refractivity contribution in [3.05, 3.63) is 40.9 Å². The molecule has 1 amide bonds. The molecule has 2 atom stereocenters. The molecule has 3 rings (SSSR count). The highest BCUT2D eigenvalue weighted by molar-refractivity contribution is 7.15. The number of carbonyl (C=O) groups is 1. The van der Waals surface area contributed by atoms with E-state index < -0.39 is 0 Å². The number of benzene rings is 1. The highest BCUT2D eigenvalue weighted by Gasteiger charge is 2.28. The van der Waals surface area contributed by atoms with Crippen LogP contribution in [0.15, 0.2) is 30.3 Å². The monoisotopic (exact) mass is 331 g/mol. The first-order chi connectivity index (χ1) is 11.1. The largest absolute Gasteiger partial charge is 0.375 e. The summed E-state index contributed by atoms with van der Waals surface area (Å²) in [6, 6.07) is 9.81. The lowest BCUT2D eigenvalue weighted by Crippen LogP contribution is -2.55. The number of aryl methyl sites for hydroxylation is 1. The van der Waals surface area contributed by atoms with Gasteiger partial charge in [0, 0.05) is 17.0 Å². The smallest absolute Gasteiger partial charge is 0.240 e. The summed E-state index contributed by atoms with van der Waals surface area (Å²) in [4.78, 5) is 18.0. The lowest BCUT2D eigenvalue weighted by Gasteiger charge is -2.29. The Kier molecular flexibility index (Phi) is 5.05. The Labute approximate surface area is 140 Å². The van der Waals surface area contributed by atoms with Crippen LogP contribution >= 0.6 is 11.3 Å². The van der Waals surface area contributed by atoms with Crippen LogP contribution in [0.4, 0.5) is 0 Å². The van der Waals surface area contributed by atoms with E-state index in [1.54, 1.807) is 11.3 Å². The zero-order valence-electron chi connectivity index (χ0n) is 13.3. The number of aromatic nitrogens is 1. The van der Waals surface area contributed by atoms with Gasteiger partial charge in [-0.05, 0) is 13.8 Å². The maximum atomic E-state index is 12.3. The third-order valence-corrected chi connectivity index (χ3v) is 5.14. The van der Waals surface area contributed by atoms with Gasteiger partial charge in [0.1, 0.15) is 11.0 Å². The Bertz CT molecular complexity index is 672. The van der Waals surface area contributed by atoms with Crippen molar-refractivity contribution in [1.82, 2.24) is 15.6 Å². The molecule has 2 N–H and O–H groups in total. The van der Waals surface area contributed by atoms with Gasteiger partial charge in [-0.25, -0.2) is 4.98 Å².